The van der Waals surface area contributed by atoms with Gasteiger partial charge >= 0.3 is 0 Å². The zero-order valence-electron chi connectivity index (χ0n) is 19.4. The molecular weight excluding hydrogens is 607 g/mol. The van der Waals surface area contributed by atoms with Crippen LogP contribution in [0.1, 0.15) is 23.9 Å². The van der Waals surface area contributed by atoms with E-state index in [9.17, 15) is 3.89 Å². The van der Waals surface area contributed by atoms with E-state index >= 15 is 0 Å². The third kappa shape index (κ3) is 4.92. The van der Waals surface area contributed by atoms with Crippen molar-refractivity contribution in [1.29, 1.82) is 0 Å². The molecule has 2 aromatic heterocycles. The lowest BCUT2D eigenvalue weighted by atomic mass is 9.97. The van der Waals surface area contributed by atoms with Crippen LogP contribution in [0.2, 0.25) is 0 Å². The van der Waals surface area contributed by atoms with Crippen LogP contribution in [0.4, 0.5) is 3.89 Å². The monoisotopic (exact) mass is 629 g/mol. The molecule has 0 spiro atoms. The Labute approximate surface area is 227 Å². The number of hydrogen-bond donors (Lipinski definition) is 0. The molecule has 5 rings (SSSR count). The largest absolute Gasteiger partial charge is 0.489 e. The van der Waals surface area contributed by atoms with E-state index in [1.807, 2.05) is 34.8 Å². The maximum atomic E-state index is 13.6. The topological polar surface area (TPSA) is 57.8 Å². The second kappa shape index (κ2) is 11.1. The Morgan fingerprint density at radius 1 is 1.11 bits per heavy atom. The Bertz CT molecular complexity index is 1540. The minimum atomic E-state index is -0.00484. The summed E-state index contributed by atoms with van der Waals surface area (Å²) < 4.78 is 22.7. The van der Waals surface area contributed by atoms with Gasteiger partial charge in [0, 0.05) is 5.39 Å². The summed E-state index contributed by atoms with van der Waals surface area (Å²) >= 11 is 2.29. The summed E-state index contributed by atoms with van der Waals surface area (Å²) in [6.45, 7) is 6.36. The molecule has 0 aliphatic heterocycles. The number of aryl methyl sites for hydroxylation is 1. The van der Waals surface area contributed by atoms with E-state index in [1.165, 1.54) is 11.6 Å². The van der Waals surface area contributed by atoms with Gasteiger partial charge in [0.25, 0.3) is 0 Å². The van der Waals surface area contributed by atoms with Crippen LogP contribution in [0, 0.1) is 0 Å². The lowest BCUT2D eigenvalue weighted by Gasteiger charge is -2.13. The van der Waals surface area contributed by atoms with E-state index in [-0.39, 0.29) is 12.3 Å². The Balaban J connectivity index is 1.51. The van der Waals surface area contributed by atoms with Crippen molar-refractivity contribution in [3.05, 3.63) is 90.3 Å². The number of fused-ring (bicyclic) bond motifs is 1. The summed E-state index contributed by atoms with van der Waals surface area (Å²) in [5.41, 5.74) is 6.12. The van der Waals surface area contributed by atoms with E-state index in [0.717, 1.165) is 43.9 Å². The first-order valence-electron chi connectivity index (χ1n) is 11.2. The molecule has 0 N–H and O–H groups in total. The van der Waals surface area contributed by atoms with Gasteiger partial charge in [0.2, 0.25) is 0 Å². The zero-order chi connectivity index (χ0) is 25.1. The van der Waals surface area contributed by atoms with Gasteiger partial charge in [-0.2, -0.15) is 9.19 Å². The molecule has 36 heavy (non-hydrogen) atoms. The van der Waals surface area contributed by atoms with Crippen LogP contribution in [0.15, 0.2) is 73.3 Å². The lowest BCUT2D eigenvalue weighted by molar-refractivity contribution is 0.306. The van der Waals surface area contributed by atoms with Gasteiger partial charge in [-0.3, -0.25) is 0 Å². The van der Waals surface area contributed by atoms with Crippen molar-refractivity contribution in [3.63, 3.8) is 0 Å². The second-order valence-corrected chi connectivity index (χ2v) is 10.5. The Kier molecular flexibility index (Phi) is 7.69. The standard InChI is InChI=1S/C26H22FIN5OPS/c1-3-18-14-20(34-16-17-8-6-5-7-9-17)11-13-21(18)19-10-12-22-23(15-19)32(35-28)31-25(22)26-29-24(4-2)30-33(26)36-27/h4-15,35H,2-3,16H2,1H3. The van der Waals surface area contributed by atoms with Crippen molar-refractivity contribution >= 4 is 57.7 Å². The summed E-state index contributed by atoms with van der Waals surface area (Å²) in [5, 5.41) is 9.74. The quantitative estimate of drug-likeness (QED) is 0.123. The zero-order valence-corrected chi connectivity index (χ0v) is 23.3. The van der Waals surface area contributed by atoms with Gasteiger partial charge in [-0.15, -0.1) is 8.98 Å². The predicted molar refractivity (Wildman–Crippen MR) is 156 cm³/mol. The first kappa shape index (κ1) is 24.9. The van der Waals surface area contributed by atoms with Crippen molar-refractivity contribution in [2.24, 2.45) is 0 Å². The van der Waals surface area contributed by atoms with Crippen molar-refractivity contribution in [3.8, 4) is 28.4 Å². The third-order valence-electron chi connectivity index (χ3n) is 5.83. The summed E-state index contributed by atoms with van der Waals surface area (Å²) in [6.07, 6.45) is 2.73. The number of nitrogens with zero attached hydrogens (tertiary/aromatic N) is 5. The molecule has 1 atom stereocenters. The van der Waals surface area contributed by atoms with Crippen molar-refractivity contribution in [2.75, 3.05) is 0 Å². The van der Waals surface area contributed by atoms with Crippen LogP contribution in [-0.4, -0.2) is 23.7 Å². The Morgan fingerprint density at radius 2 is 1.94 bits per heavy atom. The molecule has 6 nitrogen and oxygen atoms in total. The fraction of sp³-hybridized carbons (Fsp3) is 0.115. The molecule has 0 aliphatic carbocycles. The maximum Gasteiger partial charge on any atom is 0.194 e. The van der Waals surface area contributed by atoms with Gasteiger partial charge in [-0.1, -0.05) is 56.0 Å². The molecule has 2 heterocycles. The Morgan fingerprint density at radius 3 is 2.67 bits per heavy atom. The van der Waals surface area contributed by atoms with Crippen molar-refractivity contribution in [2.45, 2.75) is 20.0 Å². The maximum absolute atomic E-state index is 13.6. The molecule has 0 radical (unpaired) electrons. The second-order valence-electron chi connectivity index (χ2n) is 7.96. The number of ether oxygens (including phenoxy) is 1. The van der Waals surface area contributed by atoms with E-state index in [2.05, 4.69) is 82.0 Å². The molecule has 10 heteroatoms. The first-order chi connectivity index (χ1) is 17.6. The van der Waals surface area contributed by atoms with Gasteiger partial charge in [-0.05, 0) is 81.1 Å². The highest BCUT2D eigenvalue weighted by Crippen LogP contribution is 2.38. The predicted octanol–water partition coefficient (Wildman–Crippen LogP) is 7.92. The summed E-state index contributed by atoms with van der Waals surface area (Å²) in [5.74, 6) is 1.56. The molecule has 0 bridgehead atoms. The number of halogens is 2. The van der Waals surface area contributed by atoms with Gasteiger partial charge in [0.05, 0.1) is 11.9 Å². The molecule has 1 unspecified atom stereocenters. The molecular formula is C26H22FIN5OPS. The lowest BCUT2D eigenvalue weighted by Crippen LogP contribution is -1.97. The summed E-state index contributed by atoms with van der Waals surface area (Å²) in [4.78, 5) is 4.41. The minimum Gasteiger partial charge on any atom is -0.489 e. The van der Waals surface area contributed by atoms with E-state index < -0.39 is 0 Å². The van der Waals surface area contributed by atoms with E-state index in [0.29, 0.717) is 30.3 Å². The molecule has 182 valence electrons. The average Bonchev–Trinajstić information content (AvgIpc) is 3.52. The van der Waals surface area contributed by atoms with E-state index in [1.54, 1.807) is 0 Å². The average molecular weight is 629 g/mol. The highest BCUT2D eigenvalue weighted by molar-refractivity contribution is 14.2. The van der Waals surface area contributed by atoms with Crippen molar-refractivity contribution < 1.29 is 8.62 Å². The van der Waals surface area contributed by atoms with Crippen LogP contribution < -0.4 is 4.74 Å². The van der Waals surface area contributed by atoms with Gasteiger partial charge in [0.1, 0.15) is 18.1 Å². The first-order valence-corrected chi connectivity index (χ1v) is 16.0. The van der Waals surface area contributed by atoms with Crippen LogP contribution in [0.25, 0.3) is 39.6 Å². The smallest absolute Gasteiger partial charge is 0.194 e. The van der Waals surface area contributed by atoms with Crippen LogP contribution in [-0.2, 0) is 13.0 Å². The molecule has 0 saturated carbocycles. The van der Waals surface area contributed by atoms with Gasteiger partial charge in [-0.25, -0.2) is 9.44 Å². The third-order valence-corrected chi connectivity index (χ3v) is 8.09. The molecule has 0 fully saturated rings. The molecule has 0 amide bonds. The summed E-state index contributed by atoms with van der Waals surface area (Å²) in [7, 11) is 0. The molecule has 0 aliphatic rings. The van der Waals surface area contributed by atoms with Crippen LogP contribution in [0.5, 0.6) is 5.75 Å². The van der Waals surface area contributed by atoms with E-state index in [4.69, 9.17) is 9.84 Å². The highest BCUT2D eigenvalue weighted by atomic mass is 127. The molecule has 5 aromatic rings. The number of hydrogen-bond acceptors (Lipinski definition) is 5. The van der Waals surface area contributed by atoms with Gasteiger partial charge in [0.15, 0.2) is 24.0 Å². The van der Waals surface area contributed by atoms with Crippen LogP contribution >= 0.6 is 40.7 Å². The summed E-state index contributed by atoms with van der Waals surface area (Å²) in [6, 6.07) is 22.6. The Hall–Kier alpha value is -2.75. The van der Waals surface area contributed by atoms with Crippen molar-refractivity contribution in [1.82, 2.24) is 23.7 Å². The number of benzene rings is 3. The highest BCUT2D eigenvalue weighted by Gasteiger charge is 2.20. The number of rotatable bonds is 9. The SMILES string of the molecule is C=Cc1nc(-c2nn(PI)c3cc(-c4ccc(OCc5ccccc5)cc4CC)ccc23)n(SF)n1. The minimum absolute atomic E-state index is 0.00484. The van der Waals surface area contributed by atoms with Crippen LogP contribution in [0.3, 0.4) is 0 Å². The molecule has 0 saturated heterocycles. The fourth-order valence-electron chi connectivity index (χ4n) is 4.08. The van der Waals surface area contributed by atoms with Gasteiger partial charge < -0.3 is 4.74 Å². The molecule has 3 aromatic carbocycles. The normalized spacial score (nSPS) is 11.5. The number of aromatic nitrogens is 5. The fourth-order valence-corrected chi connectivity index (χ4v) is 5.90.